The lowest BCUT2D eigenvalue weighted by atomic mass is 9.97. The van der Waals surface area contributed by atoms with Crippen LogP contribution in [0.3, 0.4) is 0 Å². The number of hydrogen-bond acceptors (Lipinski definition) is 4. The minimum absolute atomic E-state index is 0.0427. The molecule has 3 rings (SSSR count). The fraction of sp³-hybridized carbons (Fsp3) is 0.400. The lowest BCUT2D eigenvalue weighted by molar-refractivity contribution is 0.140. The predicted octanol–water partition coefficient (Wildman–Crippen LogP) is 3.12. The zero-order valence-electron chi connectivity index (χ0n) is 12.3. The van der Waals surface area contributed by atoms with E-state index in [2.05, 4.69) is 18.9 Å². The van der Waals surface area contributed by atoms with Crippen LogP contribution in [0.1, 0.15) is 13.8 Å². The first kappa shape index (κ1) is 14.1. The van der Waals surface area contributed by atoms with Gasteiger partial charge in [0.2, 0.25) is 0 Å². The first-order chi connectivity index (χ1) is 9.87. The smallest absolute Gasteiger partial charge is 0.162 e. The summed E-state index contributed by atoms with van der Waals surface area (Å²) in [5.41, 5.74) is 7.57. The van der Waals surface area contributed by atoms with Crippen molar-refractivity contribution in [2.45, 2.75) is 13.8 Å². The summed E-state index contributed by atoms with van der Waals surface area (Å²) in [6.07, 6.45) is 1.70. The molecule has 2 N–H and O–H groups in total. The third kappa shape index (κ3) is 2.53. The summed E-state index contributed by atoms with van der Waals surface area (Å²) in [6, 6.07) is 3.65. The Kier molecular flexibility index (Phi) is 3.24. The van der Waals surface area contributed by atoms with Gasteiger partial charge in [-0.25, -0.2) is 0 Å². The van der Waals surface area contributed by atoms with E-state index >= 15 is 0 Å². The highest BCUT2D eigenvalue weighted by atomic mass is 35.5. The van der Waals surface area contributed by atoms with Crippen molar-refractivity contribution < 1.29 is 9.47 Å². The molecule has 1 aliphatic heterocycles. The molecule has 0 fully saturated rings. The molecule has 1 aliphatic rings. The zero-order chi connectivity index (χ0) is 15.2. The second-order valence-electron chi connectivity index (χ2n) is 6.09. The monoisotopic (exact) mass is 307 g/mol. The van der Waals surface area contributed by atoms with Crippen molar-refractivity contribution in [3.8, 4) is 22.6 Å². The first-order valence-electron chi connectivity index (χ1n) is 6.74. The van der Waals surface area contributed by atoms with Gasteiger partial charge in [0.25, 0.3) is 0 Å². The molecule has 0 aliphatic carbocycles. The molecule has 0 spiro atoms. The quantitative estimate of drug-likeness (QED) is 0.879. The van der Waals surface area contributed by atoms with E-state index in [0.29, 0.717) is 35.6 Å². The lowest BCUT2D eigenvalue weighted by Gasteiger charge is -2.19. The fourth-order valence-corrected chi connectivity index (χ4v) is 2.47. The van der Waals surface area contributed by atoms with Gasteiger partial charge in [-0.05, 0) is 6.07 Å². The van der Waals surface area contributed by atoms with Crippen LogP contribution in [0.5, 0.6) is 11.5 Å². The molecule has 6 heteroatoms. The lowest BCUT2D eigenvalue weighted by Crippen LogP contribution is -2.26. The van der Waals surface area contributed by atoms with Crippen LogP contribution in [0.25, 0.3) is 11.1 Å². The zero-order valence-corrected chi connectivity index (χ0v) is 13.1. The second kappa shape index (κ2) is 4.84. The molecule has 0 atom stereocenters. The number of nitrogen functional groups attached to an aromatic ring is 1. The summed E-state index contributed by atoms with van der Waals surface area (Å²) >= 11 is 6.37. The van der Waals surface area contributed by atoms with E-state index in [1.807, 2.05) is 6.07 Å². The molecule has 0 saturated heterocycles. The van der Waals surface area contributed by atoms with Crippen molar-refractivity contribution in [2.24, 2.45) is 12.5 Å². The molecule has 0 amide bonds. The van der Waals surface area contributed by atoms with Crippen molar-refractivity contribution >= 4 is 17.4 Å². The van der Waals surface area contributed by atoms with Crippen LogP contribution in [0.2, 0.25) is 5.02 Å². The molecule has 0 bridgehead atoms. The maximum Gasteiger partial charge on any atom is 0.162 e. The molecular weight excluding hydrogens is 290 g/mol. The first-order valence-corrected chi connectivity index (χ1v) is 7.12. The molecular formula is C15H18ClN3O2. The Morgan fingerprint density at radius 3 is 2.38 bits per heavy atom. The van der Waals surface area contributed by atoms with E-state index in [4.69, 9.17) is 26.8 Å². The summed E-state index contributed by atoms with van der Waals surface area (Å²) in [4.78, 5) is 0. The van der Waals surface area contributed by atoms with E-state index in [-0.39, 0.29) is 5.41 Å². The Morgan fingerprint density at radius 2 is 1.81 bits per heavy atom. The SMILES string of the molecule is Cn1ncc(-c2cc3c(cc2Cl)OCC(C)(C)CO3)c1N. The van der Waals surface area contributed by atoms with Gasteiger partial charge in [0.15, 0.2) is 11.5 Å². The summed E-state index contributed by atoms with van der Waals surface area (Å²) in [5.74, 6) is 1.91. The van der Waals surface area contributed by atoms with Crippen LogP contribution in [0, 0.1) is 5.41 Å². The van der Waals surface area contributed by atoms with Crippen LogP contribution >= 0.6 is 11.6 Å². The van der Waals surface area contributed by atoms with E-state index in [9.17, 15) is 0 Å². The average molecular weight is 308 g/mol. The number of hydrogen-bond donors (Lipinski definition) is 1. The number of nitrogens with two attached hydrogens (primary N) is 1. The summed E-state index contributed by atoms with van der Waals surface area (Å²) in [5, 5.41) is 4.71. The number of rotatable bonds is 1. The highest BCUT2D eigenvalue weighted by Crippen LogP contribution is 2.42. The molecule has 0 saturated carbocycles. The number of anilines is 1. The van der Waals surface area contributed by atoms with Gasteiger partial charge in [-0.2, -0.15) is 5.10 Å². The number of halogens is 1. The largest absolute Gasteiger partial charge is 0.489 e. The minimum atomic E-state index is -0.0427. The minimum Gasteiger partial charge on any atom is -0.489 e. The Balaban J connectivity index is 2.06. The van der Waals surface area contributed by atoms with Gasteiger partial charge >= 0.3 is 0 Å². The number of aryl methyl sites for hydroxylation is 1. The van der Waals surface area contributed by atoms with Gasteiger partial charge in [-0.1, -0.05) is 25.4 Å². The highest BCUT2D eigenvalue weighted by Gasteiger charge is 2.26. The van der Waals surface area contributed by atoms with E-state index in [1.54, 1.807) is 24.0 Å². The number of fused-ring (bicyclic) bond motifs is 1. The molecule has 112 valence electrons. The standard InChI is InChI=1S/C15H18ClN3O2/c1-15(2)7-20-12-4-9(10-6-18-19(3)14(10)17)11(16)5-13(12)21-8-15/h4-6H,7-8,17H2,1-3H3. The van der Waals surface area contributed by atoms with Crippen LogP contribution in [-0.4, -0.2) is 23.0 Å². The molecule has 1 aromatic carbocycles. The number of ether oxygens (including phenoxy) is 2. The normalized spacial score (nSPS) is 16.6. The second-order valence-corrected chi connectivity index (χ2v) is 6.49. The van der Waals surface area contributed by atoms with E-state index in [1.165, 1.54) is 0 Å². The Bertz CT molecular complexity index is 694. The number of aromatic nitrogens is 2. The van der Waals surface area contributed by atoms with Gasteiger partial charge in [0.1, 0.15) is 5.82 Å². The van der Waals surface area contributed by atoms with Gasteiger partial charge in [0, 0.05) is 29.7 Å². The highest BCUT2D eigenvalue weighted by molar-refractivity contribution is 6.33. The van der Waals surface area contributed by atoms with Crippen molar-refractivity contribution in [1.29, 1.82) is 0 Å². The Hall–Kier alpha value is -1.88. The van der Waals surface area contributed by atoms with Crippen molar-refractivity contribution in [2.75, 3.05) is 18.9 Å². The van der Waals surface area contributed by atoms with Gasteiger partial charge < -0.3 is 15.2 Å². The Labute approximate surface area is 128 Å². The predicted molar refractivity (Wildman–Crippen MR) is 82.8 cm³/mol. The Morgan fingerprint density at radius 1 is 1.19 bits per heavy atom. The number of nitrogens with zero attached hydrogens (tertiary/aromatic N) is 2. The van der Waals surface area contributed by atoms with Crippen molar-refractivity contribution in [3.05, 3.63) is 23.4 Å². The topological polar surface area (TPSA) is 62.3 Å². The molecule has 5 nitrogen and oxygen atoms in total. The molecule has 21 heavy (non-hydrogen) atoms. The third-order valence-electron chi connectivity index (χ3n) is 3.55. The van der Waals surface area contributed by atoms with E-state index in [0.717, 1.165) is 11.1 Å². The molecule has 2 heterocycles. The third-order valence-corrected chi connectivity index (χ3v) is 3.86. The van der Waals surface area contributed by atoms with Crippen LogP contribution in [0.4, 0.5) is 5.82 Å². The summed E-state index contributed by atoms with van der Waals surface area (Å²) in [7, 11) is 1.79. The van der Waals surface area contributed by atoms with E-state index < -0.39 is 0 Å². The maximum absolute atomic E-state index is 6.37. The summed E-state index contributed by atoms with van der Waals surface area (Å²) in [6.45, 7) is 5.37. The maximum atomic E-state index is 6.37. The van der Waals surface area contributed by atoms with Gasteiger partial charge in [-0.3, -0.25) is 4.68 Å². The van der Waals surface area contributed by atoms with Gasteiger partial charge in [-0.15, -0.1) is 0 Å². The van der Waals surface area contributed by atoms with Gasteiger partial charge in [0.05, 0.1) is 24.4 Å². The van der Waals surface area contributed by atoms with Crippen LogP contribution in [0.15, 0.2) is 18.3 Å². The summed E-state index contributed by atoms with van der Waals surface area (Å²) < 4.78 is 13.3. The van der Waals surface area contributed by atoms with Crippen LogP contribution < -0.4 is 15.2 Å². The van der Waals surface area contributed by atoms with Crippen LogP contribution in [-0.2, 0) is 7.05 Å². The molecule has 2 aromatic rings. The van der Waals surface area contributed by atoms with Crippen molar-refractivity contribution in [1.82, 2.24) is 9.78 Å². The number of benzene rings is 1. The fourth-order valence-electron chi connectivity index (χ4n) is 2.21. The van der Waals surface area contributed by atoms with Crippen molar-refractivity contribution in [3.63, 3.8) is 0 Å². The average Bonchev–Trinajstić information content (AvgIpc) is 2.67. The molecule has 0 unspecified atom stereocenters. The molecule has 1 aromatic heterocycles. The molecule has 0 radical (unpaired) electrons.